The number of carbonyl (C=O) groups excluding carboxylic acids is 1. The second-order valence-electron chi connectivity index (χ2n) is 3.91. The van der Waals surface area contributed by atoms with Crippen LogP contribution in [0.25, 0.3) is 0 Å². The van der Waals surface area contributed by atoms with Gasteiger partial charge in [-0.05, 0) is 11.6 Å². The largest absolute Gasteiger partial charge is 0.380 e. The summed E-state index contributed by atoms with van der Waals surface area (Å²) in [6.45, 7) is 0.899. The van der Waals surface area contributed by atoms with E-state index in [2.05, 4.69) is 4.98 Å². The second kappa shape index (κ2) is 6.98. The van der Waals surface area contributed by atoms with E-state index in [0.29, 0.717) is 19.5 Å². The number of rotatable bonds is 6. The van der Waals surface area contributed by atoms with Crippen molar-refractivity contribution in [1.29, 1.82) is 0 Å². The van der Waals surface area contributed by atoms with E-state index < -0.39 is 0 Å². The molecule has 1 amide bonds. The van der Waals surface area contributed by atoms with Crippen molar-refractivity contribution >= 4 is 5.91 Å². The smallest absolute Gasteiger partial charge is 0.225 e. The molecule has 1 heterocycles. The third-order valence-electron chi connectivity index (χ3n) is 2.57. The summed E-state index contributed by atoms with van der Waals surface area (Å²) in [5, 5.41) is 0. The first-order chi connectivity index (χ1) is 8.17. The van der Waals surface area contributed by atoms with Crippen molar-refractivity contribution in [3.8, 4) is 0 Å². The van der Waals surface area contributed by atoms with Gasteiger partial charge in [0.1, 0.15) is 0 Å². The summed E-state index contributed by atoms with van der Waals surface area (Å²) in [7, 11) is 3.32. The molecule has 0 bridgehead atoms. The van der Waals surface area contributed by atoms with Crippen molar-refractivity contribution in [3.05, 3.63) is 30.1 Å². The summed E-state index contributed by atoms with van der Waals surface area (Å²) in [4.78, 5) is 17.5. The van der Waals surface area contributed by atoms with Crippen LogP contribution in [0, 0.1) is 0 Å². The molecule has 0 radical (unpaired) electrons. The molecule has 0 aliphatic heterocycles. The van der Waals surface area contributed by atoms with Gasteiger partial charge >= 0.3 is 0 Å². The molecule has 5 heteroatoms. The number of amides is 1. The van der Waals surface area contributed by atoms with Crippen LogP contribution in [-0.2, 0) is 16.1 Å². The Hall–Kier alpha value is -1.46. The number of ether oxygens (including phenoxy) is 1. The fourth-order valence-corrected chi connectivity index (χ4v) is 1.47. The second-order valence-corrected chi connectivity index (χ2v) is 3.91. The van der Waals surface area contributed by atoms with Gasteiger partial charge in [0.25, 0.3) is 0 Å². The van der Waals surface area contributed by atoms with Gasteiger partial charge in [-0.1, -0.05) is 6.07 Å². The summed E-state index contributed by atoms with van der Waals surface area (Å²) < 4.78 is 5.09. The zero-order valence-corrected chi connectivity index (χ0v) is 10.3. The molecule has 1 aromatic rings. The highest BCUT2D eigenvalue weighted by Crippen LogP contribution is 2.05. The Labute approximate surface area is 102 Å². The van der Waals surface area contributed by atoms with Gasteiger partial charge in [0.05, 0.1) is 12.5 Å². The third kappa shape index (κ3) is 4.50. The van der Waals surface area contributed by atoms with Gasteiger partial charge in [-0.15, -0.1) is 0 Å². The number of methoxy groups -OCH3 is 1. The van der Waals surface area contributed by atoms with E-state index in [1.54, 1.807) is 31.5 Å². The predicted octanol–water partition coefficient (Wildman–Crippen LogP) is 0.404. The lowest BCUT2D eigenvalue weighted by atomic mass is 10.2. The van der Waals surface area contributed by atoms with E-state index in [4.69, 9.17) is 10.5 Å². The van der Waals surface area contributed by atoms with Crippen LogP contribution in [0.3, 0.4) is 0 Å². The van der Waals surface area contributed by atoms with Gasteiger partial charge in [-0.25, -0.2) is 0 Å². The van der Waals surface area contributed by atoms with Gasteiger partial charge in [0.2, 0.25) is 5.91 Å². The quantitative estimate of drug-likeness (QED) is 0.777. The number of carbonyl (C=O) groups is 1. The van der Waals surface area contributed by atoms with Crippen LogP contribution in [0.1, 0.15) is 12.0 Å². The molecule has 0 saturated heterocycles. The number of aromatic nitrogens is 1. The molecule has 17 heavy (non-hydrogen) atoms. The number of nitrogens with zero attached hydrogens (tertiary/aromatic N) is 2. The first-order valence-electron chi connectivity index (χ1n) is 5.53. The maximum absolute atomic E-state index is 11.8. The molecule has 2 N–H and O–H groups in total. The minimum absolute atomic E-state index is 0.0196. The lowest BCUT2D eigenvalue weighted by Crippen LogP contribution is -2.33. The molecule has 0 spiro atoms. The molecule has 94 valence electrons. The number of hydrogen-bond acceptors (Lipinski definition) is 4. The van der Waals surface area contributed by atoms with E-state index >= 15 is 0 Å². The minimum Gasteiger partial charge on any atom is -0.380 e. The summed E-state index contributed by atoms with van der Waals surface area (Å²) in [6.07, 6.45) is 3.56. The summed E-state index contributed by atoms with van der Waals surface area (Å²) in [5.41, 5.74) is 6.48. The Morgan fingerprint density at radius 3 is 2.94 bits per heavy atom. The zero-order valence-electron chi connectivity index (χ0n) is 10.3. The van der Waals surface area contributed by atoms with E-state index in [1.807, 2.05) is 12.1 Å². The van der Waals surface area contributed by atoms with Crippen molar-refractivity contribution in [2.45, 2.75) is 19.1 Å². The molecule has 1 atom stereocenters. The zero-order chi connectivity index (χ0) is 12.7. The first kappa shape index (κ1) is 13.6. The minimum atomic E-state index is -0.209. The number of hydrogen-bond donors (Lipinski definition) is 1. The lowest BCUT2D eigenvalue weighted by molar-refractivity contribution is -0.132. The van der Waals surface area contributed by atoms with Crippen molar-refractivity contribution in [3.63, 3.8) is 0 Å². The van der Waals surface area contributed by atoms with E-state index in [0.717, 1.165) is 5.56 Å². The molecule has 1 aromatic heterocycles. The van der Waals surface area contributed by atoms with Crippen LogP contribution in [-0.4, -0.2) is 42.6 Å². The normalized spacial score (nSPS) is 12.2. The van der Waals surface area contributed by atoms with Gasteiger partial charge in [-0.3, -0.25) is 9.78 Å². The van der Waals surface area contributed by atoms with E-state index in [9.17, 15) is 4.79 Å². The molecule has 0 fully saturated rings. The summed E-state index contributed by atoms with van der Waals surface area (Å²) in [6, 6.07) is 3.79. The summed E-state index contributed by atoms with van der Waals surface area (Å²) in [5.74, 6) is 0.0196. The van der Waals surface area contributed by atoms with Crippen LogP contribution in [0.5, 0.6) is 0 Å². The third-order valence-corrected chi connectivity index (χ3v) is 2.57. The lowest BCUT2D eigenvalue weighted by Gasteiger charge is -2.20. The van der Waals surface area contributed by atoms with Gasteiger partial charge < -0.3 is 15.4 Å². The molecule has 5 nitrogen and oxygen atoms in total. The topological polar surface area (TPSA) is 68.5 Å². The molecular formula is C12H19N3O2. The van der Waals surface area contributed by atoms with Crippen LogP contribution < -0.4 is 5.73 Å². The van der Waals surface area contributed by atoms with Gasteiger partial charge in [0, 0.05) is 39.6 Å². The number of nitrogens with two attached hydrogens (primary N) is 1. The Bertz CT molecular complexity index is 339. The Balaban J connectivity index is 2.47. The SMILES string of the molecule is COC(CN)CC(=O)N(C)Cc1cccnc1. The maximum Gasteiger partial charge on any atom is 0.225 e. The van der Waals surface area contributed by atoms with Crippen LogP contribution >= 0.6 is 0 Å². The van der Waals surface area contributed by atoms with Crippen LogP contribution in [0.2, 0.25) is 0 Å². The van der Waals surface area contributed by atoms with Crippen molar-refractivity contribution < 1.29 is 9.53 Å². The van der Waals surface area contributed by atoms with E-state index in [-0.39, 0.29) is 12.0 Å². The molecule has 0 saturated carbocycles. The fraction of sp³-hybridized carbons (Fsp3) is 0.500. The average Bonchev–Trinajstić information content (AvgIpc) is 2.36. The Morgan fingerprint density at radius 2 is 2.41 bits per heavy atom. The average molecular weight is 237 g/mol. The number of pyridine rings is 1. The Morgan fingerprint density at radius 1 is 1.65 bits per heavy atom. The van der Waals surface area contributed by atoms with Crippen molar-refractivity contribution in [2.75, 3.05) is 20.7 Å². The predicted molar refractivity (Wildman–Crippen MR) is 65.2 cm³/mol. The molecule has 0 aliphatic carbocycles. The molecule has 0 aliphatic rings. The van der Waals surface area contributed by atoms with Gasteiger partial charge in [0.15, 0.2) is 0 Å². The molecule has 1 rings (SSSR count). The summed E-state index contributed by atoms with van der Waals surface area (Å²) >= 11 is 0. The van der Waals surface area contributed by atoms with Crippen molar-refractivity contribution in [1.82, 2.24) is 9.88 Å². The maximum atomic E-state index is 11.8. The molecule has 1 unspecified atom stereocenters. The highest BCUT2D eigenvalue weighted by atomic mass is 16.5. The standard InChI is InChI=1S/C12H19N3O2/c1-15(9-10-4-3-5-14-8-10)12(16)6-11(7-13)17-2/h3-5,8,11H,6-7,9,13H2,1-2H3. The van der Waals surface area contributed by atoms with Crippen LogP contribution in [0.15, 0.2) is 24.5 Å². The highest BCUT2D eigenvalue weighted by Gasteiger charge is 2.15. The van der Waals surface area contributed by atoms with Crippen molar-refractivity contribution in [2.24, 2.45) is 5.73 Å². The monoisotopic (exact) mass is 237 g/mol. The Kier molecular flexibility index (Phi) is 5.59. The molecular weight excluding hydrogens is 218 g/mol. The highest BCUT2D eigenvalue weighted by molar-refractivity contribution is 5.76. The first-order valence-corrected chi connectivity index (χ1v) is 5.53. The van der Waals surface area contributed by atoms with Gasteiger partial charge in [-0.2, -0.15) is 0 Å². The fourth-order valence-electron chi connectivity index (χ4n) is 1.47. The van der Waals surface area contributed by atoms with Crippen LogP contribution in [0.4, 0.5) is 0 Å². The van der Waals surface area contributed by atoms with E-state index in [1.165, 1.54) is 0 Å². The molecule has 0 aromatic carbocycles.